The second kappa shape index (κ2) is 11.5. The van der Waals surface area contributed by atoms with Crippen molar-refractivity contribution in [2.24, 2.45) is 5.92 Å². The second-order valence-corrected chi connectivity index (χ2v) is 8.88. The van der Waals surface area contributed by atoms with Crippen LogP contribution < -0.4 is 0 Å². The van der Waals surface area contributed by atoms with Gasteiger partial charge < -0.3 is 10.0 Å². The maximum atomic E-state index is 13.8. The van der Waals surface area contributed by atoms with Gasteiger partial charge in [0.25, 0.3) is 0 Å². The fourth-order valence-electron chi connectivity index (χ4n) is 4.71. The van der Waals surface area contributed by atoms with E-state index in [-0.39, 0.29) is 17.6 Å². The summed E-state index contributed by atoms with van der Waals surface area (Å²) in [6.07, 6.45) is 2.54. The number of halogens is 1. The summed E-state index contributed by atoms with van der Waals surface area (Å²) in [4.78, 5) is 27.5. The summed E-state index contributed by atoms with van der Waals surface area (Å²) < 4.78 is 13.0. The zero-order valence-corrected chi connectivity index (χ0v) is 19.4. The molecule has 5 heteroatoms. The molecule has 0 radical (unpaired) electrons. The van der Waals surface area contributed by atoms with Gasteiger partial charge in [-0.2, -0.15) is 0 Å². The van der Waals surface area contributed by atoms with Crippen LogP contribution in [0.2, 0.25) is 0 Å². The third-order valence-electron chi connectivity index (χ3n) is 6.55. The Morgan fingerprint density at radius 2 is 1.54 bits per heavy atom. The van der Waals surface area contributed by atoms with E-state index < -0.39 is 17.9 Å². The van der Waals surface area contributed by atoms with Crippen LogP contribution in [0.5, 0.6) is 0 Å². The lowest BCUT2D eigenvalue weighted by molar-refractivity contribution is -0.153. The summed E-state index contributed by atoms with van der Waals surface area (Å²) in [5, 5.41) is 9.99. The van der Waals surface area contributed by atoms with E-state index in [1.165, 1.54) is 12.1 Å². The Morgan fingerprint density at radius 1 is 0.943 bits per heavy atom. The van der Waals surface area contributed by atoms with E-state index in [1.807, 2.05) is 60.7 Å². The lowest BCUT2D eigenvalue weighted by Gasteiger charge is -2.39. The number of nitrogens with zero attached hydrogens (tertiary/aromatic N) is 1. The summed E-state index contributed by atoms with van der Waals surface area (Å²) in [6, 6.07) is 24.2. The molecule has 1 fully saturated rings. The first-order valence-electron chi connectivity index (χ1n) is 11.9. The number of carbonyl (C=O) groups excluding carboxylic acids is 1. The fraction of sp³-hybridized carbons (Fsp3) is 0.267. The molecule has 4 nitrogen and oxygen atoms in total. The van der Waals surface area contributed by atoms with Crippen molar-refractivity contribution in [3.63, 3.8) is 0 Å². The molecule has 3 aromatic carbocycles. The van der Waals surface area contributed by atoms with Crippen molar-refractivity contribution in [2.75, 3.05) is 6.54 Å². The molecule has 1 unspecified atom stereocenters. The summed E-state index contributed by atoms with van der Waals surface area (Å²) >= 11 is 0. The predicted octanol–water partition coefficient (Wildman–Crippen LogP) is 5.48. The van der Waals surface area contributed by atoms with Crippen LogP contribution in [-0.2, 0) is 9.59 Å². The SMILES string of the molecule is O=C(O)[C@@H]1CC(CCC#Cc2ccc(F)cc2)CCN1C(=O)C(c1ccccc1)c1ccccc1. The van der Waals surface area contributed by atoms with Crippen LogP contribution in [0.4, 0.5) is 4.39 Å². The zero-order chi connectivity index (χ0) is 24.6. The van der Waals surface area contributed by atoms with Gasteiger partial charge in [-0.05, 0) is 60.6 Å². The highest BCUT2D eigenvalue weighted by atomic mass is 19.1. The number of benzene rings is 3. The van der Waals surface area contributed by atoms with Gasteiger partial charge in [0, 0.05) is 18.5 Å². The van der Waals surface area contributed by atoms with Gasteiger partial charge in [0.15, 0.2) is 0 Å². The predicted molar refractivity (Wildman–Crippen MR) is 133 cm³/mol. The van der Waals surface area contributed by atoms with Gasteiger partial charge in [-0.3, -0.25) is 4.79 Å². The van der Waals surface area contributed by atoms with Crippen LogP contribution in [0.3, 0.4) is 0 Å². The molecule has 35 heavy (non-hydrogen) atoms. The van der Waals surface area contributed by atoms with Gasteiger partial charge in [-0.25, -0.2) is 9.18 Å². The summed E-state index contributed by atoms with van der Waals surface area (Å²) in [5.41, 5.74) is 2.46. The molecule has 1 N–H and O–H groups in total. The topological polar surface area (TPSA) is 57.6 Å². The van der Waals surface area contributed by atoms with Gasteiger partial charge in [-0.15, -0.1) is 0 Å². The largest absolute Gasteiger partial charge is 0.480 e. The highest BCUT2D eigenvalue weighted by Crippen LogP contribution is 2.32. The van der Waals surface area contributed by atoms with Crippen molar-refractivity contribution in [1.82, 2.24) is 4.90 Å². The summed E-state index contributed by atoms with van der Waals surface area (Å²) in [7, 11) is 0. The smallest absolute Gasteiger partial charge is 0.326 e. The maximum Gasteiger partial charge on any atom is 0.326 e. The van der Waals surface area contributed by atoms with Crippen LogP contribution in [0, 0.1) is 23.6 Å². The first kappa shape index (κ1) is 24.2. The first-order valence-corrected chi connectivity index (χ1v) is 11.9. The van der Waals surface area contributed by atoms with Crippen LogP contribution in [0.1, 0.15) is 48.3 Å². The molecule has 1 aliphatic rings. The molecule has 178 valence electrons. The van der Waals surface area contributed by atoms with Crippen molar-refractivity contribution < 1.29 is 19.1 Å². The number of rotatable bonds is 6. The monoisotopic (exact) mass is 469 g/mol. The van der Waals surface area contributed by atoms with Crippen LogP contribution in [0.25, 0.3) is 0 Å². The molecule has 3 aromatic rings. The summed E-state index contributed by atoms with van der Waals surface area (Å²) in [5.74, 6) is 4.32. The fourth-order valence-corrected chi connectivity index (χ4v) is 4.71. The molecule has 1 saturated heterocycles. The third-order valence-corrected chi connectivity index (χ3v) is 6.55. The molecule has 0 spiro atoms. The lowest BCUT2D eigenvalue weighted by Crippen LogP contribution is -2.51. The van der Waals surface area contributed by atoms with Gasteiger partial charge in [-0.1, -0.05) is 72.5 Å². The van der Waals surface area contributed by atoms with Crippen LogP contribution in [0.15, 0.2) is 84.9 Å². The Labute approximate surface area is 205 Å². The minimum absolute atomic E-state index is 0.176. The van der Waals surface area contributed by atoms with Gasteiger partial charge in [0.1, 0.15) is 11.9 Å². The molecule has 0 bridgehead atoms. The molecule has 1 aliphatic heterocycles. The molecule has 1 amide bonds. The number of carboxylic acid groups (broad SMARTS) is 1. The maximum absolute atomic E-state index is 13.8. The third kappa shape index (κ3) is 6.16. The number of piperidine rings is 1. The van der Waals surface area contributed by atoms with Gasteiger partial charge in [0.05, 0.1) is 5.92 Å². The van der Waals surface area contributed by atoms with Crippen LogP contribution >= 0.6 is 0 Å². The van der Waals surface area contributed by atoms with Crippen molar-refractivity contribution in [2.45, 2.75) is 37.6 Å². The minimum atomic E-state index is -0.972. The standard InChI is InChI=1S/C30H28FNO3/c31-26-17-15-22(16-18-26)9-7-8-10-23-19-20-32(27(21-23)30(34)35)29(33)28(24-11-3-1-4-12-24)25-13-5-2-6-14-25/h1-6,11-18,23,27-28H,8,10,19-21H2,(H,34,35)/t23?,27-/m0/s1. The second-order valence-electron chi connectivity index (χ2n) is 8.88. The number of likely N-dealkylation sites (tertiary alicyclic amines) is 1. The number of hydrogen-bond acceptors (Lipinski definition) is 2. The number of amides is 1. The average Bonchev–Trinajstić information content (AvgIpc) is 2.89. The molecule has 0 aliphatic carbocycles. The van der Waals surface area contributed by atoms with Crippen molar-refractivity contribution in [3.05, 3.63) is 107 Å². The first-order chi connectivity index (χ1) is 17.0. The van der Waals surface area contributed by atoms with E-state index in [2.05, 4.69) is 11.8 Å². The van der Waals surface area contributed by atoms with E-state index in [0.29, 0.717) is 19.4 Å². The van der Waals surface area contributed by atoms with E-state index >= 15 is 0 Å². The molecule has 2 atom stereocenters. The van der Waals surface area contributed by atoms with Crippen molar-refractivity contribution in [3.8, 4) is 11.8 Å². The molecule has 0 aromatic heterocycles. The van der Waals surface area contributed by atoms with Crippen molar-refractivity contribution in [1.29, 1.82) is 0 Å². The van der Waals surface area contributed by atoms with Gasteiger partial charge in [0.2, 0.25) is 5.91 Å². The molecule has 1 heterocycles. The molecular formula is C30H28FNO3. The number of carbonyl (C=O) groups is 2. The molecular weight excluding hydrogens is 441 g/mol. The molecule has 4 rings (SSSR count). The normalized spacial score (nSPS) is 17.5. The van der Waals surface area contributed by atoms with E-state index in [4.69, 9.17) is 0 Å². The quantitative estimate of drug-likeness (QED) is 0.487. The highest BCUT2D eigenvalue weighted by Gasteiger charge is 2.39. The molecule has 0 saturated carbocycles. The van der Waals surface area contributed by atoms with Crippen LogP contribution in [-0.4, -0.2) is 34.5 Å². The van der Waals surface area contributed by atoms with E-state index in [0.717, 1.165) is 29.5 Å². The zero-order valence-electron chi connectivity index (χ0n) is 19.4. The Balaban J connectivity index is 1.46. The van der Waals surface area contributed by atoms with Gasteiger partial charge >= 0.3 is 5.97 Å². The Morgan fingerprint density at radius 3 is 2.11 bits per heavy atom. The van der Waals surface area contributed by atoms with Crippen molar-refractivity contribution >= 4 is 11.9 Å². The van der Waals surface area contributed by atoms with E-state index in [1.54, 1.807) is 17.0 Å². The average molecular weight is 470 g/mol. The Bertz CT molecular complexity index is 1160. The lowest BCUT2D eigenvalue weighted by atomic mass is 9.84. The summed E-state index contributed by atoms with van der Waals surface area (Å²) in [6.45, 7) is 0.405. The number of hydrogen-bond donors (Lipinski definition) is 1. The Hall–Kier alpha value is -3.91. The number of carboxylic acids is 1. The highest BCUT2D eigenvalue weighted by molar-refractivity contribution is 5.91. The number of aliphatic carboxylic acids is 1. The Kier molecular flexibility index (Phi) is 7.95. The van der Waals surface area contributed by atoms with E-state index in [9.17, 15) is 19.1 Å². The minimum Gasteiger partial charge on any atom is -0.480 e.